The second-order valence-corrected chi connectivity index (χ2v) is 12.9. The first-order chi connectivity index (χ1) is 17.7. The Balaban J connectivity index is 1.19. The number of hydrogen-bond acceptors (Lipinski definition) is 4. The lowest BCUT2D eigenvalue weighted by Crippen LogP contribution is -2.69. The number of benzene rings is 2. The summed E-state index contributed by atoms with van der Waals surface area (Å²) in [5.41, 5.74) is 6.25. The molecule has 0 amide bonds. The van der Waals surface area contributed by atoms with Crippen LogP contribution in [0.2, 0.25) is 0 Å². The number of ether oxygens (including phenoxy) is 1. The molecule has 2 aliphatic heterocycles. The molecule has 3 saturated carbocycles. The maximum absolute atomic E-state index is 5.82. The summed E-state index contributed by atoms with van der Waals surface area (Å²) in [7, 11) is 1.83. The van der Waals surface area contributed by atoms with E-state index in [9.17, 15) is 0 Å². The Morgan fingerprint density at radius 1 is 1.11 bits per heavy atom. The summed E-state index contributed by atoms with van der Waals surface area (Å²) in [6.45, 7) is 3.78. The van der Waals surface area contributed by atoms with Gasteiger partial charge in [-0.25, -0.2) is 4.98 Å². The Kier molecular flexibility index (Phi) is 3.91. The topological polar surface area (TPSA) is 44.4 Å². The van der Waals surface area contributed by atoms with E-state index in [1.54, 1.807) is 11.1 Å². The molecule has 0 radical (unpaired) electrons. The van der Waals surface area contributed by atoms with E-state index in [-0.39, 0.29) is 5.41 Å². The monoisotopic (exact) mass is 480 g/mol. The minimum absolute atomic E-state index is 0.286. The van der Waals surface area contributed by atoms with Crippen molar-refractivity contribution >= 4 is 17.0 Å². The van der Waals surface area contributed by atoms with Crippen molar-refractivity contribution in [2.75, 3.05) is 31.6 Å². The summed E-state index contributed by atoms with van der Waals surface area (Å²) in [4.78, 5) is 14.4. The minimum Gasteiger partial charge on any atom is -0.497 e. The number of hydrogen-bond donors (Lipinski definition) is 1. The maximum atomic E-state index is 5.82. The molecule has 6 aliphatic rings. The number of piperidine rings is 1. The van der Waals surface area contributed by atoms with Gasteiger partial charge in [0.2, 0.25) is 5.95 Å². The standard InChI is InChI=1S/C31H36N4O/c1-36-22-9-8-20-14-27-30-11-10-26-28(31(30,23(20)15-22)12-13-34(27)17-19-6-7-19)21(16-30)18-35(26)29-32-24-4-2-3-5-25(24)33-29/h2-5,8-9,15,19,21,26-28H,6-7,10-14,16-18H2,1H3,(H,32,33)/t21-,26?,27?,28?,30?,31?/m1/s1. The third kappa shape index (κ3) is 2.39. The zero-order chi connectivity index (χ0) is 23.6. The van der Waals surface area contributed by atoms with Crippen molar-refractivity contribution in [3.05, 3.63) is 53.6 Å². The number of para-hydroxylation sites is 2. The van der Waals surface area contributed by atoms with Gasteiger partial charge >= 0.3 is 0 Å². The highest BCUT2D eigenvalue weighted by molar-refractivity contribution is 5.77. The van der Waals surface area contributed by atoms with Crippen LogP contribution in [0.1, 0.15) is 49.7 Å². The number of imidazole rings is 1. The summed E-state index contributed by atoms with van der Waals surface area (Å²) in [6.07, 6.45) is 9.54. The van der Waals surface area contributed by atoms with Crippen LogP contribution in [-0.2, 0) is 11.8 Å². The van der Waals surface area contributed by atoms with Gasteiger partial charge < -0.3 is 14.6 Å². The summed E-state index contributed by atoms with van der Waals surface area (Å²) in [5.74, 6) is 4.59. The average molecular weight is 481 g/mol. The number of H-pyrrole nitrogens is 1. The van der Waals surface area contributed by atoms with Crippen LogP contribution in [0.3, 0.4) is 0 Å². The summed E-state index contributed by atoms with van der Waals surface area (Å²) in [6, 6.07) is 16.9. The van der Waals surface area contributed by atoms with Gasteiger partial charge in [0.1, 0.15) is 5.75 Å². The fourth-order valence-electron chi connectivity index (χ4n) is 10.4. The van der Waals surface area contributed by atoms with Gasteiger partial charge in [0.25, 0.3) is 0 Å². The molecule has 4 bridgehead atoms. The van der Waals surface area contributed by atoms with Crippen molar-refractivity contribution in [2.45, 2.75) is 62.4 Å². The first kappa shape index (κ1) is 20.5. The second kappa shape index (κ2) is 6.86. The number of nitrogens with zero attached hydrogens (tertiary/aromatic N) is 3. The molecule has 5 nitrogen and oxygen atoms in total. The zero-order valence-electron chi connectivity index (χ0n) is 21.2. The molecule has 3 aromatic rings. The van der Waals surface area contributed by atoms with Crippen LogP contribution in [0.15, 0.2) is 42.5 Å². The predicted octanol–water partition coefficient (Wildman–Crippen LogP) is 5.15. The number of aromatic amines is 1. The lowest BCUT2D eigenvalue weighted by atomic mass is 9.43. The molecule has 0 spiro atoms. The predicted molar refractivity (Wildman–Crippen MR) is 142 cm³/mol. The van der Waals surface area contributed by atoms with Crippen LogP contribution in [0, 0.1) is 23.2 Å². The number of rotatable bonds is 4. The molecule has 9 rings (SSSR count). The highest BCUT2D eigenvalue weighted by Gasteiger charge is 2.76. The quantitative estimate of drug-likeness (QED) is 0.561. The lowest BCUT2D eigenvalue weighted by Gasteiger charge is -2.66. The molecule has 2 aromatic carbocycles. The van der Waals surface area contributed by atoms with Crippen molar-refractivity contribution in [1.82, 2.24) is 14.9 Å². The normalized spacial score (nSPS) is 38.3. The van der Waals surface area contributed by atoms with Crippen LogP contribution in [0.5, 0.6) is 5.75 Å². The van der Waals surface area contributed by atoms with Gasteiger partial charge in [-0.15, -0.1) is 0 Å². The molecular weight excluding hydrogens is 444 g/mol. The molecule has 1 N–H and O–H groups in total. The number of methoxy groups -OCH3 is 1. The molecule has 5 fully saturated rings. The summed E-state index contributed by atoms with van der Waals surface area (Å²) >= 11 is 0. The summed E-state index contributed by atoms with van der Waals surface area (Å²) < 4.78 is 5.82. The molecule has 36 heavy (non-hydrogen) atoms. The van der Waals surface area contributed by atoms with Crippen molar-refractivity contribution in [3.8, 4) is 5.75 Å². The zero-order valence-corrected chi connectivity index (χ0v) is 21.2. The van der Waals surface area contributed by atoms with Crippen LogP contribution < -0.4 is 9.64 Å². The van der Waals surface area contributed by atoms with Crippen LogP contribution >= 0.6 is 0 Å². The number of anilines is 1. The van der Waals surface area contributed by atoms with Gasteiger partial charge in [-0.2, -0.15) is 0 Å². The fourth-order valence-corrected chi connectivity index (χ4v) is 10.4. The largest absolute Gasteiger partial charge is 0.497 e. The van der Waals surface area contributed by atoms with Crippen molar-refractivity contribution < 1.29 is 4.74 Å². The molecule has 2 saturated heterocycles. The molecule has 186 valence electrons. The Bertz CT molecular complexity index is 1340. The summed E-state index contributed by atoms with van der Waals surface area (Å²) in [5, 5.41) is 0. The maximum Gasteiger partial charge on any atom is 0.204 e. The van der Waals surface area contributed by atoms with Crippen molar-refractivity contribution in [1.29, 1.82) is 0 Å². The van der Waals surface area contributed by atoms with Gasteiger partial charge in [0, 0.05) is 30.6 Å². The molecule has 5 unspecified atom stereocenters. The minimum atomic E-state index is 0.286. The molecule has 6 atom stereocenters. The molecular formula is C31H36N4O. The van der Waals surface area contributed by atoms with Crippen LogP contribution in [0.4, 0.5) is 5.95 Å². The average Bonchev–Trinajstić information content (AvgIpc) is 3.41. The Labute approximate surface area is 213 Å². The van der Waals surface area contributed by atoms with E-state index < -0.39 is 0 Å². The number of nitrogens with one attached hydrogen (secondary N) is 1. The highest BCUT2D eigenvalue weighted by atomic mass is 16.5. The SMILES string of the molecule is COc1ccc2c(c1)C13CCN(CC4CC4)C(C2)C12CCC1C3[C@@H](CN1c1nc3ccccc3[nH]1)C2. The highest BCUT2D eigenvalue weighted by Crippen LogP contribution is 2.75. The van der Waals surface area contributed by atoms with E-state index in [2.05, 4.69) is 57.2 Å². The van der Waals surface area contributed by atoms with E-state index in [0.29, 0.717) is 11.5 Å². The van der Waals surface area contributed by atoms with Crippen molar-refractivity contribution in [3.63, 3.8) is 0 Å². The third-order valence-corrected chi connectivity index (χ3v) is 11.6. The molecule has 1 aromatic heterocycles. The third-order valence-electron chi connectivity index (χ3n) is 11.6. The van der Waals surface area contributed by atoms with Gasteiger partial charge in [0.05, 0.1) is 18.1 Å². The van der Waals surface area contributed by atoms with E-state index in [0.717, 1.165) is 53.1 Å². The fraction of sp³-hybridized carbons (Fsp3) is 0.581. The molecule has 5 heteroatoms. The Hall–Kier alpha value is -2.53. The Morgan fingerprint density at radius 3 is 2.89 bits per heavy atom. The van der Waals surface area contributed by atoms with Crippen molar-refractivity contribution in [2.24, 2.45) is 23.2 Å². The first-order valence-corrected chi connectivity index (χ1v) is 14.3. The lowest BCUT2D eigenvalue weighted by molar-refractivity contribution is -0.0921. The van der Waals surface area contributed by atoms with Gasteiger partial charge in [-0.05, 0) is 110 Å². The smallest absolute Gasteiger partial charge is 0.204 e. The van der Waals surface area contributed by atoms with E-state index in [1.807, 2.05) is 7.11 Å². The number of aromatic nitrogens is 2. The van der Waals surface area contributed by atoms with Gasteiger partial charge in [-0.3, -0.25) is 4.90 Å². The number of likely N-dealkylation sites (tertiary alicyclic amines) is 1. The Morgan fingerprint density at radius 2 is 2.03 bits per heavy atom. The molecule has 4 aliphatic carbocycles. The number of fused-ring (bicyclic) bond motifs is 2. The second-order valence-electron chi connectivity index (χ2n) is 12.9. The molecule has 3 heterocycles. The van der Waals surface area contributed by atoms with Gasteiger partial charge in [-0.1, -0.05) is 18.2 Å². The van der Waals surface area contributed by atoms with E-state index in [1.165, 1.54) is 58.0 Å². The van der Waals surface area contributed by atoms with Crippen LogP contribution in [0.25, 0.3) is 11.0 Å². The van der Waals surface area contributed by atoms with E-state index in [4.69, 9.17) is 9.72 Å². The first-order valence-electron chi connectivity index (χ1n) is 14.3. The van der Waals surface area contributed by atoms with E-state index >= 15 is 0 Å². The van der Waals surface area contributed by atoms with Gasteiger partial charge in [0.15, 0.2) is 0 Å². The van der Waals surface area contributed by atoms with Crippen LogP contribution in [-0.4, -0.2) is 53.7 Å².